The lowest BCUT2D eigenvalue weighted by atomic mass is 10.3. The van der Waals surface area contributed by atoms with Crippen LogP contribution in [0, 0.1) is 6.92 Å². The van der Waals surface area contributed by atoms with Crippen molar-refractivity contribution in [3.63, 3.8) is 0 Å². The van der Waals surface area contributed by atoms with E-state index in [1.54, 1.807) is 11.5 Å². The molecule has 1 N–H and O–H groups in total. The number of imidazole rings is 1. The van der Waals surface area contributed by atoms with Gasteiger partial charge in [0.05, 0.1) is 16.3 Å². The molecule has 0 spiro atoms. The summed E-state index contributed by atoms with van der Waals surface area (Å²) < 4.78 is 39.7. The van der Waals surface area contributed by atoms with Crippen LogP contribution in [0.2, 0.25) is 10.2 Å². The largest absolute Gasteiger partial charge is 0.481 e. The molecule has 2 heterocycles. The maximum absolute atomic E-state index is 12.7. The Kier molecular flexibility index (Phi) is 6.23. The summed E-state index contributed by atoms with van der Waals surface area (Å²) in [6.45, 7) is 2.06. The molecule has 0 aliphatic rings. The second-order valence-electron chi connectivity index (χ2n) is 5.03. The molecule has 0 bridgehead atoms. The van der Waals surface area contributed by atoms with Crippen molar-refractivity contribution in [2.45, 2.75) is 42.7 Å². The van der Waals surface area contributed by atoms with E-state index in [-0.39, 0.29) is 21.6 Å². The van der Waals surface area contributed by atoms with Crippen LogP contribution in [-0.4, -0.2) is 25.6 Å². The van der Waals surface area contributed by atoms with Gasteiger partial charge in [0.25, 0.3) is 0 Å². The Morgan fingerprint density at radius 1 is 1.40 bits per heavy atom. The van der Waals surface area contributed by atoms with Gasteiger partial charge >= 0.3 is 12.1 Å². The molecule has 0 fully saturated rings. The number of halogens is 5. The lowest BCUT2D eigenvalue weighted by Gasteiger charge is -2.11. The summed E-state index contributed by atoms with van der Waals surface area (Å²) >= 11 is 12.9. The van der Waals surface area contributed by atoms with E-state index in [4.69, 9.17) is 28.3 Å². The van der Waals surface area contributed by atoms with Gasteiger partial charge in [-0.1, -0.05) is 23.2 Å². The summed E-state index contributed by atoms with van der Waals surface area (Å²) in [5.41, 5.74) is -0.321. The van der Waals surface area contributed by atoms with Crippen molar-refractivity contribution in [1.29, 1.82) is 0 Å². The van der Waals surface area contributed by atoms with Gasteiger partial charge in [0.2, 0.25) is 0 Å². The van der Waals surface area contributed by atoms with Crippen molar-refractivity contribution < 1.29 is 23.1 Å². The van der Waals surface area contributed by atoms with E-state index in [0.717, 1.165) is 17.8 Å². The maximum Gasteiger partial charge on any atom is 0.417 e. The third-order valence-electron chi connectivity index (χ3n) is 3.22. The van der Waals surface area contributed by atoms with Crippen LogP contribution in [0.3, 0.4) is 0 Å². The number of alkyl halides is 3. The summed E-state index contributed by atoms with van der Waals surface area (Å²) in [6.07, 6.45) is -3.52. The summed E-state index contributed by atoms with van der Waals surface area (Å²) in [7, 11) is 0. The fourth-order valence-electron chi connectivity index (χ4n) is 1.95. The molecule has 0 radical (unpaired) electrons. The number of nitrogens with zero attached hydrogens (tertiary/aromatic N) is 3. The fraction of sp³-hybridized carbons (Fsp3) is 0.357. The van der Waals surface area contributed by atoms with E-state index >= 15 is 0 Å². The van der Waals surface area contributed by atoms with Crippen LogP contribution in [0.4, 0.5) is 13.2 Å². The average Bonchev–Trinajstić information content (AvgIpc) is 2.75. The zero-order valence-corrected chi connectivity index (χ0v) is 15.1. The summed E-state index contributed by atoms with van der Waals surface area (Å²) in [5, 5.41) is 9.31. The van der Waals surface area contributed by atoms with Crippen molar-refractivity contribution in [1.82, 2.24) is 14.5 Å². The second-order valence-corrected chi connectivity index (χ2v) is 6.75. The number of hydrogen-bond acceptors (Lipinski definition) is 4. The van der Waals surface area contributed by atoms with Gasteiger partial charge in [0, 0.05) is 19.2 Å². The van der Waals surface area contributed by atoms with Gasteiger partial charge in [0.15, 0.2) is 10.3 Å². The fourth-order valence-corrected chi connectivity index (χ4v) is 3.38. The number of aromatic nitrogens is 3. The number of pyridine rings is 1. The number of aliphatic carboxylic acids is 1. The number of carboxylic acids is 1. The Bertz CT molecular complexity index is 796. The summed E-state index contributed by atoms with van der Waals surface area (Å²) in [6, 6.07) is 0.795. The van der Waals surface area contributed by atoms with Crippen LogP contribution >= 0.6 is 35.0 Å². The standard InChI is InChI=1S/C14H12Cl2F3N3O2S/c1-7-11(16)21-13(22(7)4-2-3-10(23)24)25-12-9(15)5-8(6-20-12)14(17,18)19/h5-6H,2-4H2,1H3,(H,23,24). The summed E-state index contributed by atoms with van der Waals surface area (Å²) in [4.78, 5) is 18.5. The van der Waals surface area contributed by atoms with E-state index in [1.165, 1.54) is 0 Å². The molecule has 25 heavy (non-hydrogen) atoms. The van der Waals surface area contributed by atoms with Crippen LogP contribution in [0.1, 0.15) is 24.1 Å². The lowest BCUT2D eigenvalue weighted by Crippen LogP contribution is -2.06. The van der Waals surface area contributed by atoms with Crippen LogP contribution in [0.5, 0.6) is 0 Å². The minimum absolute atomic E-state index is 0.0291. The van der Waals surface area contributed by atoms with E-state index in [0.29, 0.717) is 30.0 Å². The van der Waals surface area contributed by atoms with Gasteiger partial charge in [-0.05, 0) is 31.2 Å². The molecule has 11 heteroatoms. The van der Waals surface area contributed by atoms with Crippen molar-refractivity contribution >= 4 is 40.9 Å². The van der Waals surface area contributed by atoms with Gasteiger partial charge in [-0.15, -0.1) is 0 Å². The average molecular weight is 414 g/mol. The monoisotopic (exact) mass is 413 g/mol. The van der Waals surface area contributed by atoms with Gasteiger partial charge in [-0.25, -0.2) is 9.97 Å². The Morgan fingerprint density at radius 2 is 2.08 bits per heavy atom. The van der Waals surface area contributed by atoms with Gasteiger partial charge < -0.3 is 9.67 Å². The number of carbonyl (C=O) groups is 1. The van der Waals surface area contributed by atoms with E-state index < -0.39 is 17.7 Å². The lowest BCUT2D eigenvalue weighted by molar-refractivity contribution is -0.138. The molecular weight excluding hydrogens is 402 g/mol. The van der Waals surface area contributed by atoms with Crippen molar-refractivity contribution in [3.05, 3.63) is 33.7 Å². The highest BCUT2D eigenvalue weighted by Crippen LogP contribution is 2.37. The zero-order chi connectivity index (χ0) is 18.8. The van der Waals surface area contributed by atoms with Gasteiger partial charge in [-0.2, -0.15) is 13.2 Å². The van der Waals surface area contributed by atoms with Gasteiger partial charge in [0.1, 0.15) is 5.03 Å². The molecule has 0 aliphatic heterocycles. The molecule has 0 unspecified atom stereocenters. The zero-order valence-electron chi connectivity index (χ0n) is 12.8. The Morgan fingerprint density at radius 3 is 2.64 bits per heavy atom. The smallest absolute Gasteiger partial charge is 0.417 e. The van der Waals surface area contributed by atoms with E-state index in [9.17, 15) is 18.0 Å². The van der Waals surface area contributed by atoms with Crippen molar-refractivity contribution in [3.8, 4) is 0 Å². The quantitative estimate of drug-likeness (QED) is 0.726. The molecule has 2 aromatic rings. The first kappa shape index (κ1) is 19.9. The molecular formula is C14H12Cl2F3N3O2S. The third-order valence-corrected chi connectivity index (χ3v) is 4.99. The van der Waals surface area contributed by atoms with Crippen LogP contribution in [0.25, 0.3) is 0 Å². The number of hydrogen-bond donors (Lipinski definition) is 1. The summed E-state index contributed by atoms with van der Waals surface area (Å²) in [5.74, 6) is -0.925. The second kappa shape index (κ2) is 7.84. The molecule has 2 rings (SSSR count). The Hall–Kier alpha value is -1.45. The molecule has 136 valence electrons. The predicted molar refractivity (Wildman–Crippen MR) is 87.2 cm³/mol. The SMILES string of the molecule is Cc1c(Cl)nc(Sc2ncc(C(F)(F)F)cc2Cl)n1CCCC(=O)O. The normalized spacial score (nSPS) is 11.8. The third kappa shape index (κ3) is 5.02. The number of carboxylic acid groups (broad SMARTS) is 1. The van der Waals surface area contributed by atoms with E-state index in [1.807, 2.05) is 0 Å². The van der Waals surface area contributed by atoms with Crippen LogP contribution in [0.15, 0.2) is 22.4 Å². The van der Waals surface area contributed by atoms with Crippen LogP contribution < -0.4 is 0 Å². The maximum atomic E-state index is 12.7. The van der Waals surface area contributed by atoms with Crippen LogP contribution in [-0.2, 0) is 17.5 Å². The molecule has 0 saturated heterocycles. The first-order valence-electron chi connectivity index (χ1n) is 6.94. The van der Waals surface area contributed by atoms with E-state index in [2.05, 4.69) is 9.97 Å². The Balaban J connectivity index is 2.25. The first-order chi connectivity index (χ1) is 11.6. The van der Waals surface area contributed by atoms with Gasteiger partial charge in [-0.3, -0.25) is 4.79 Å². The molecule has 0 aliphatic carbocycles. The molecule has 5 nitrogen and oxygen atoms in total. The number of rotatable bonds is 6. The highest BCUT2D eigenvalue weighted by atomic mass is 35.5. The Labute approximate surface area is 155 Å². The predicted octanol–water partition coefficient (Wildman–Crippen LogP) is 4.93. The molecule has 0 atom stereocenters. The molecule has 2 aromatic heterocycles. The molecule has 0 amide bonds. The first-order valence-corrected chi connectivity index (χ1v) is 8.52. The molecule has 0 aromatic carbocycles. The topological polar surface area (TPSA) is 68.0 Å². The minimum Gasteiger partial charge on any atom is -0.481 e. The van der Waals surface area contributed by atoms with Crippen molar-refractivity contribution in [2.75, 3.05) is 0 Å². The molecule has 0 saturated carbocycles. The minimum atomic E-state index is -4.53. The van der Waals surface area contributed by atoms with Crippen molar-refractivity contribution in [2.24, 2.45) is 0 Å². The highest BCUT2D eigenvalue weighted by Gasteiger charge is 2.31. The highest BCUT2D eigenvalue weighted by molar-refractivity contribution is 7.99.